The first-order chi connectivity index (χ1) is 5.66. The Morgan fingerprint density at radius 2 is 1.83 bits per heavy atom. The molecule has 0 fully saturated rings. The van der Waals surface area contributed by atoms with Gasteiger partial charge < -0.3 is 0 Å². The molecule has 0 unspecified atom stereocenters. The third kappa shape index (κ3) is 6.79. The van der Waals surface area contributed by atoms with Gasteiger partial charge in [0.15, 0.2) is 0 Å². The summed E-state index contributed by atoms with van der Waals surface area (Å²) in [6.07, 6.45) is 0. The van der Waals surface area contributed by atoms with Gasteiger partial charge >= 0.3 is 0 Å². The lowest BCUT2D eigenvalue weighted by atomic mass is 10.4. The molecular formula is C9H8ClNO. The zero-order valence-corrected chi connectivity index (χ0v) is 7.38. The molecule has 12 heavy (non-hydrogen) atoms. The van der Waals surface area contributed by atoms with Crippen molar-refractivity contribution in [3.05, 3.63) is 35.4 Å². The van der Waals surface area contributed by atoms with Crippen LogP contribution in [0.1, 0.15) is 6.92 Å². The van der Waals surface area contributed by atoms with Crippen LogP contribution in [0, 0.1) is 11.3 Å². The predicted molar refractivity (Wildman–Crippen MR) is 47.7 cm³/mol. The van der Waals surface area contributed by atoms with Gasteiger partial charge in [-0.1, -0.05) is 29.8 Å². The molecule has 0 heterocycles. The lowest BCUT2D eigenvalue weighted by Crippen LogP contribution is -1.75. The average molecular weight is 182 g/mol. The first-order valence-corrected chi connectivity index (χ1v) is 3.66. The second-order valence-corrected chi connectivity index (χ2v) is 2.40. The molecule has 0 atom stereocenters. The van der Waals surface area contributed by atoms with E-state index in [4.69, 9.17) is 16.9 Å². The second kappa shape index (κ2) is 6.38. The van der Waals surface area contributed by atoms with E-state index in [9.17, 15) is 4.79 Å². The molecule has 0 amide bonds. The first-order valence-electron chi connectivity index (χ1n) is 3.28. The lowest BCUT2D eigenvalue weighted by molar-refractivity contribution is -0.112. The highest BCUT2D eigenvalue weighted by molar-refractivity contribution is 6.30. The number of carbonyl (C=O) groups is 1. The molecule has 0 saturated heterocycles. The Bertz CT molecular complexity index is 276. The molecule has 0 saturated carbocycles. The molecule has 0 aliphatic carbocycles. The minimum Gasteiger partial charge on any atom is -0.283 e. The fourth-order valence-corrected chi connectivity index (χ4v) is 0.560. The number of nitrogens with zero attached hydrogens (tertiary/aromatic N) is 1. The van der Waals surface area contributed by atoms with Gasteiger partial charge in [-0.05, 0) is 12.1 Å². The van der Waals surface area contributed by atoms with Gasteiger partial charge in [0.2, 0.25) is 5.78 Å². The molecule has 62 valence electrons. The number of nitriles is 1. The summed E-state index contributed by atoms with van der Waals surface area (Å²) in [6.45, 7) is 1.22. The van der Waals surface area contributed by atoms with Crippen molar-refractivity contribution in [2.75, 3.05) is 0 Å². The van der Waals surface area contributed by atoms with Gasteiger partial charge in [-0.3, -0.25) is 4.79 Å². The summed E-state index contributed by atoms with van der Waals surface area (Å²) >= 11 is 5.54. The predicted octanol–water partition coefficient (Wildman–Crippen LogP) is 2.44. The summed E-state index contributed by atoms with van der Waals surface area (Å²) in [7, 11) is 0. The number of halogens is 1. The zero-order chi connectivity index (χ0) is 9.40. The van der Waals surface area contributed by atoms with E-state index in [1.54, 1.807) is 0 Å². The highest BCUT2D eigenvalue weighted by Gasteiger charge is 1.75. The van der Waals surface area contributed by atoms with Crippen molar-refractivity contribution in [2.24, 2.45) is 0 Å². The van der Waals surface area contributed by atoms with Gasteiger partial charge in [0, 0.05) is 11.9 Å². The molecule has 0 aliphatic heterocycles. The number of rotatable bonds is 0. The Labute approximate surface area is 76.4 Å². The van der Waals surface area contributed by atoms with Gasteiger partial charge in [0.05, 0.1) is 0 Å². The Hall–Kier alpha value is -1.33. The smallest absolute Gasteiger partial charge is 0.228 e. The standard InChI is InChI=1S/C6H5Cl.C3H3NO/c7-6-4-2-1-3-5-6;1-3(5)2-4/h1-5H;1H3. The SMILES string of the molecule is CC(=O)C#N.Clc1ccccc1. The van der Waals surface area contributed by atoms with E-state index in [0.717, 1.165) is 5.02 Å². The quantitative estimate of drug-likeness (QED) is 0.577. The Morgan fingerprint density at radius 1 is 1.42 bits per heavy atom. The highest BCUT2D eigenvalue weighted by Crippen LogP contribution is 2.03. The molecule has 1 aromatic carbocycles. The van der Waals surface area contributed by atoms with Crippen molar-refractivity contribution in [2.45, 2.75) is 6.92 Å². The monoisotopic (exact) mass is 181 g/mol. The molecule has 0 radical (unpaired) electrons. The third-order valence-corrected chi connectivity index (χ3v) is 1.14. The van der Waals surface area contributed by atoms with Gasteiger partial charge in [-0.25, -0.2) is 0 Å². The topological polar surface area (TPSA) is 40.9 Å². The van der Waals surface area contributed by atoms with Crippen LogP contribution in [0.25, 0.3) is 0 Å². The Balaban J connectivity index is 0.000000217. The van der Waals surface area contributed by atoms with E-state index >= 15 is 0 Å². The van der Waals surface area contributed by atoms with Crippen molar-refractivity contribution in [3.8, 4) is 6.07 Å². The van der Waals surface area contributed by atoms with E-state index in [-0.39, 0.29) is 0 Å². The largest absolute Gasteiger partial charge is 0.283 e. The summed E-state index contributed by atoms with van der Waals surface area (Å²) in [4.78, 5) is 9.45. The average Bonchev–Trinajstić information content (AvgIpc) is 2.07. The van der Waals surface area contributed by atoms with E-state index < -0.39 is 5.78 Å². The van der Waals surface area contributed by atoms with Crippen LogP contribution in [0.4, 0.5) is 0 Å². The van der Waals surface area contributed by atoms with Gasteiger partial charge in [0.1, 0.15) is 6.07 Å². The van der Waals surface area contributed by atoms with Gasteiger partial charge in [-0.15, -0.1) is 0 Å². The fraction of sp³-hybridized carbons (Fsp3) is 0.111. The maximum absolute atomic E-state index is 9.45. The van der Waals surface area contributed by atoms with Crippen LogP contribution in [-0.4, -0.2) is 5.78 Å². The molecule has 0 spiro atoms. The van der Waals surface area contributed by atoms with Crippen molar-refractivity contribution >= 4 is 17.4 Å². The van der Waals surface area contributed by atoms with Crippen LogP contribution in [0.3, 0.4) is 0 Å². The van der Waals surface area contributed by atoms with Crippen molar-refractivity contribution in [3.63, 3.8) is 0 Å². The van der Waals surface area contributed by atoms with Crippen LogP contribution >= 0.6 is 11.6 Å². The van der Waals surface area contributed by atoms with Crippen molar-refractivity contribution in [1.29, 1.82) is 5.26 Å². The number of benzene rings is 1. The molecule has 0 aliphatic rings. The van der Waals surface area contributed by atoms with E-state index in [1.165, 1.54) is 13.0 Å². The lowest BCUT2D eigenvalue weighted by Gasteiger charge is -1.80. The highest BCUT2D eigenvalue weighted by atomic mass is 35.5. The first kappa shape index (κ1) is 10.7. The molecule has 1 rings (SSSR count). The van der Waals surface area contributed by atoms with Gasteiger partial charge in [0.25, 0.3) is 0 Å². The van der Waals surface area contributed by atoms with Crippen LogP contribution in [0.2, 0.25) is 5.02 Å². The van der Waals surface area contributed by atoms with Crippen LogP contribution < -0.4 is 0 Å². The molecule has 0 bridgehead atoms. The molecule has 1 aromatic rings. The fourth-order valence-electron chi connectivity index (χ4n) is 0.415. The molecule has 2 nitrogen and oxygen atoms in total. The number of ketones is 1. The summed E-state index contributed by atoms with van der Waals surface area (Å²) < 4.78 is 0. The normalized spacial score (nSPS) is 7.42. The minimum atomic E-state index is -0.440. The zero-order valence-electron chi connectivity index (χ0n) is 6.62. The summed E-state index contributed by atoms with van der Waals surface area (Å²) in [6, 6.07) is 10.8. The molecular weight excluding hydrogens is 174 g/mol. The third-order valence-electron chi connectivity index (χ3n) is 0.891. The Morgan fingerprint density at radius 3 is 2.00 bits per heavy atom. The van der Waals surface area contributed by atoms with Crippen molar-refractivity contribution in [1.82, 2.24) is 0 Å². The summed E-state index contributed by atoms with van der Waals surface area (Å²) in [5, 5.41) is 8.34. The number of carbonyl (C=O) groups excluding carboxylic acids is 1. The maximum Gasteiger partial charge on any atom is 0.228 e. The molecule has 0 aromatic heterocycles. The summed E-state index contributed by atoms with van der Waals surface area (Å²) in [5.41, 5.74) is 0. The van der Waals surface area contributed by atoms with Gasteiger partial charge in [-0.2, -0.15) is 5.26 Å². The number of hydrogen-bond donors (Lipinski definition) is 0. The van der Waals surface area contributed by atoms with Crippen molar-refractivity contribution < 1.29 is 4.79 Å². The summed E-state index contributed by atoms with van der Waals surface area (Å²) in [5.74, 6) is -0.440. The van der Waals surface area contributed by atoms with E-state index in [2.05, 4.69) is 0 Å². The van der Waals surface area contributed by atoms with E-state index in [1.807, 2.05) is 30.3 Å². The van der Waals surface area contributed by atoms with Crippen LogP contribution in [0.5, 0.6) is 0 Å². The minimum absolute atomic E-state index is 0.440. The number of Topliss-reactive ketones (excluding diaryl/α,β-unsaturated/α-hetero) is 1. The second-order valence-electron chi connectivity index (χ2n) is 1.96. The molecule has 0 N–H and O–H groups in total. The van der Waals surface area contributed by atoms with Crippen LogP contribution in [-0.2, 0) is 4.79 Å². The molecule has 3 heteroatoms. The van der Waals surface area contributed by atoms with Crippen LogP contribution in [0.15, 0.2) is 30.3 Å². The number of hydrogen-bond acceptors (Lipinski definition) is 2. The van der Waals surface area contributed by atoms with E-state index in [0.29, 0.717) is 0 Å². The maximum atomic E-state index is 9.45. The Kier molecular flexibility index (Phi) is 5.68.